The maximum Gasteiger partial charge on any atom is 0.481 e. The molecule has 2 amide bonds. The number of rotatable bonds is 9. The first kappa shape index (κ1) is 29.6. The number of benzene rings is 1. The summed E-state index contributed by atoms with van der Waals surface area (Å²) in [4.78, 5) is 34.9. The molecule has 2 aliphatic rings. The molecule has 4 rings (SSSR count). The molecule has 6 atom stereocenters. The van der Waals surface area contributed by atoms with Gasteiger partial charge in [0.05, 0.1) is 23.6 Å². The minimum Gasteiger partial charge on any atom is -0.404 e. The van der Waals surface area contributed by atoms with Crippen LogP contribution in [0.2, 0.25) is 0 Å². The lowest BCUT2D eigenvalue weighted by Gasteiger charge is -2.53. The van der Waals surface area contributed by atoms with E-state index in [9.17, 15) is 9.59 Å². The summed E-state index contributed by atoms with van der Waals surface area (Å²) in [6.07, 6.45) is 6.30. The summed E-state index contributed by atoms with van der Waals surface area (Å²) < 4.78 is 13.3. The third-order valence-corrected chi connectivity index (χ3v) is 12.5. The van der Waals surface area contributed by atoms with Gasteiger partial charge in [-0.15, -0.1) is 0 Å². The van der Waals surface area contributed by atoms with Crippen molar-refractivity contribution in [3.63, 3.8) is 0 Å². The quantitative estimate of drug-likeness (QED) is 0.353. The molecule has 2 fully saturated rings. The van der Waals surface area contributed by atoms with Gasteiger partial charge in [0.15, 0.2) is 0 Å². The van der Waals surface area contributed by atoms with Gasteiger partial charge in [-0.05, 0) is 49.0 Å². The zero-order chi connectivity index (χ0) is 28.4. The van der Waals surface area contributed by atoms with Gasteiger partial charge >= 0.3 is 7.12 Å². The summed E-state index contributed by atoms with van der Waals surface area (Å²) in [7, 11) is -1.05. The first-order chi connectivity index (χ1) is 18.4. The lowest BCUT2D eigenvalue weighted by molar-refractivity contribution is -0.123. The van der Waals surface area contributed by atoms with Gasteiger partial charge in [-0.1, -0.05) is 72.9 Å². The molecule has 8 nitrogen and oxygen atoms in total. The second-order valence-electron chi connectivity index (χ2n) is 12.1. The molecule has 0 radical (unpaired) electrons. The van der Waals surface area contributed by atoms with E-state index < -0.39 is 27.0 Å². The van der Waals surface area contributed by atoms with Crippen molar-refractivity contribution in [2.24, 2.45) is 11.8 Å². The fourth-order valence-corrected chi connectivity index (χ4v) is 8.39. The number of amides is 2. The zero-order valence-corrected chi connectivity index (χ0v) is 25.1. The molecular weight excluding hydrogens is 510 g/mol. The van der Waals surface area contributed by atoms with Crippen molar-refractivity contribution < 1.29 is 18.9 Å². The van der Waals surface area contributed by atoms with Gasteiger partial charge in [0.25, 0.3) is 5.91 Å². The highest BCUT2D eigenvalue weighted by atomic mass is 31.1. The van der Waals surface area contributed by atoms with Crippen LogP contribution in [0.15, 0.2) is 48.9 Å². The lowest BCUT2D eigenvalue weighted by atomic mass is 9.74. The Balaban J connectivity index is 1.55. The first-order valence-corrected chi connectivity index (χ1v) is 15.7. The van der Waals surface area contributed by atoms with Gasteiger partial charge in [0, 0.05) is 18.8 Å². The molecule has 0 bridgehead atoms. The molecule has 2 aromatic rings. The van der Waals surface area contributed by atoms with Crippen LogP contribution in [0.4, 0.5) is 0 Å². The Labute approximate surface area is 234 Å². The molecule has 39 heavy (non-hydrogen) atoms. The minimum atomic E-state index is -0.807. The van der Waals surface area contributed by atoms with E-state index in [4.69, 9.17) is 9.31 Å². The monoisotopic (exact) mass is 552 g/mol. The highest BCUT2D eigenvalue weighted by Gasteiger charge is 2.61. The smallest absolute Gasteiger partial charge is 0.404 e. The largest absolute Gasteiger partial charge is 0.481 e. The number of fused-ring (bicyclic) bond motifs is 1. The van der Waals surface area contributed by atoms with E-state index in [1.807, 2.05) is 30.3 Å². The molecule has 3 heterocycles. The van der Waals surface area contributed by atoms with Crippen LogP contribution in [-0.4, -0.2) is 64.2 Å². The zero-order valence-electron chi connectivity index (χ0n) is 24.2. The number of carbonyl (C=O) groups is 2. The molecule has 0 saturated carbocycles. The van der Waals surface area contributed by atoms with Crippen LogP contribution < -0.4 is 10.6 Å². The Morgan fingerprint density at radius 3 is 2.51 bits per heavy atom. The normalized spacial score (nSPS) is 27.5. The van der Waals surface area contributed by atoms with Crippen molar-refractivity contribution in [3.05, 3.63) is 60.2 Å². The van der Waals surface area contributed by atoms with E-state index in [1.165, 1.54) is 18.6 Å². The van der Waals surface area contributed by atoms with Gasteiger partial charge in [-0.3, -0.25) is 14.6 Å². The highest BCUT2D eigenvalue weighted by molar-refractivity contribution is 7.60. The summed E-state index contributed by atoms with van der Waals surface area (Å²) in [5.41, 5.74) is 1.10. The Morgan fingerprint density at radius 2 is 1.87 bits per heavy atom. The molecule has 0 aliphatic carbocycles. The molecule has 2 saturated heterocycles. The number of hydrogen-bond donors (Lipinski definition) is 2. The average molecular weight is 552 g/mol. The lowest BCUT2D eigenvalue weighted by Crippen LogP contribution is -2.55. The fourth-order valence-electron chi connectivity index (χ4n) is 5.62. The van der Waals surface area contributed by atoms with Crippen LogP contribution in [0.5, 0.6) is 0 Å². The number of hydrogen-bond acceptors (Lipinski definition) is 6. The van der Waals surface area contributed by atoms with Gasteiger partial charge in [-0.2, -0.15) is 0 Å². The molecule has 0 spiro atoms. The van der Waals surface area contributed by atoms with E-state index >= 15 is 0 Å². The molecule has 2 N–H and O–H groups in total. The highest BCUT2D eigenvalue weighted by Crippen LogP contribution is 2.68. The first-order valence-electron chi connectivity index (χ1n) is 13.9. The Hall–Kier alpha value is -2.35. The van der Waals surface area contributed by atoms with Crippen molar-refractivity contribution in [1.82, 2.24) is 20.6 Å². The van der Waals surface area contributed by atoms with Crippen LogP contribution in [0.25, 0.3) is 0 Å². The third-order valence-electron chi connectivity index (χ3n) is 8.64. The second kappa shape index (κ2) is 12.0. The SMILES string of the molecule is CC(C)C[C@H](NC(=O)[C@H](Cc1ccccc1)NC(=O)c1cnccn1)B1O[C@@H]2C[C@H](C)C(C)(C)P(C)[C@]2(C)O1. The Kier molecular flexibility index (Phi) is 9.14. The summed E-state index contributed by atoms with van der Waals surface area (Å²) in [6.45, 7) is 15.7. The van der Waals surface area contributed by atoms with E-state index in [1.54, 1.807) is 0 Å². The maximum absolute atomic E-state index is 13.8. The molecule has 1 aromatic carbocycles. The minimum absolute atomic E-state index is 0.00956. The molecule has 1 aromatic heterocycles. The van der Waals surface area contributed by atoms with Crippen LogP contribution in [0, 0.1) is 11.8 Å². The van der Waals surface area contributed by atoms with E-state index in [2.05, 4.69) is 68.8 Å². The number of carbonyl (C=O) groups excluding carboxylic acids is 2. The van der Waals surface area contributed by atoms with Crippen LogP contribution in [0.3, 0.4) is 0 Å². The molecular formula is C29H42BN4O4P. The summed E-state index contributed by atoms with van der Waals surface area (Å²) >= 11 is 0. The summed E-state index contributed by atoms with van der Waals surface area (Å²) in [5, 5.41) is 5.88. The van der Waals surface area contributed by atoms with Crippen molar-refractivity contribution in [2.75, 3.05) is 6.66 Å². The topological polar surface area (TPSA) is 102 Å². The van der Waals surface area contributed by atoms with Gasteiger partial charge < -0.3 is 19.9 Å². The number of aromatic nitrogens is 2. The third kappa shape index (κ3) is 6.53. The van der Waals surface area contributed by atoms with E-state index in [0.29, 0.717) is 24.7 Å². The van der Waals surface area contributed by atoms with Gasteiger partial charge in [-0.25, -0.2) is 4.98 Å². The second-order valence-corrected chi connectivity index (χ2v) is 15.2. The van der Waals surface area contributed by atoms with Gasteiger partial charge in [0.1, 0.15) is 11.7 Å². The van der Waals surface area contributed by atoms with Crippen LogP contribution in [-0.2, 0) is 20.5 Å². The summed E-state index contributed by atoms with van der Waals surface area (Å²) in [5.74, 6) is -0.258. The number of nitrogens with one attached hydrogen (secondary N) is 2. The van der Waals surface area contributed by atoms with Gasteiger partial charge in [0.2, 0.25) is 5.91 Å². The number of nitrogens with zero attached hydrogens (tertiary/aromatic N) is 2. The van der Waals surface area contributed by atoms with Crippen LogP contribution >= 0.6 is 7.92 Å². The van der Waals surface area contributed by atoms with Crippen molar-refractivity contribution >= 4 is 26.9 Å². The predicted molar refractivity (Wildman–Crippen MR) is 156 cm³/mol. The molecule has 10 heteroatoms. The van der Waals surface area contributed by atoms with Crippen molar-refractivity contribution in [2.45, 2.75) is 89.4 Å². The Bertz CT molecular complexity index is 1140. The molecule has 1 unspecified atom stereocenters. The van der Waals surface area contributed by atoms with Crippen LogP contribution in [0.1, 0.15) is 70.4 Å². The predicted octanol–water partition coefficient (Wildman–Crippen LogP) is 4.44. The Morgan fingerprint density at radius 1 is 1.15 bits per heavy atom. The molecule has 210 valence electrons. The standard InChI is InChI=1S/C29H42BN4O4P/c1-19(2)15-25(30-37-24-16-20(3)28(4,5)39(7)29(24,6)38-30)34-26(35)22(17-21-11-9-8-10-12-21)33-27(36)23-18-31-13-14-32-23/h8-14,18-20,22,24-25H,15-17H2,1-7H3,(H,33,36)(H,34,35)/t20-,22-,24+,25-,29-,39?/m0/s1. The maximum atomic E-state index is 13.8. The molecule has 2 aliphatic heterocycles. The van der Waals surface area contributed by atoms with E-state index in [-0.39, 0.29) is 34.1 Å². The van der Waals surface area contributed by atoms with E-state index in [0.717, 1.165) is 12.0 Å². The average Bonchev–Trinajstić information content (AvgIpc) is 3.25. The fraction of sp³-hybridized carbons (Fsp3) is 0.586. The van der Waals surface area contributed by atoms with Crippen molar-refractivity contribution in [1.29, 1.82) is 0 Å². The summed E-state index contributed by atoms with van der Waals surface area (Å²) in [6, 6.07) is 8.85. The van der Waals surface area contributed by atoms with Crippen molar-refractivity contribution in [3.8, 4) is 0 Å².